The van der Waals surface area contributed by atoms with Gasteiger partial charge in [-0.05, 0) is 18.6 Å². The molecule has 3 aromatic rings. The molecule has 0 amide bonds. The van der Waals surface area contributed by atoms with Crippen molar-refractivity contribution in [2.75, 3.05) is 0 Å². The highest BCUT2D eigenvalue weighted by atomic mass is 32.1. The minimum atomic E-state index is -0.874. The molecule has 1 aromatic carbocycles. The number of benzene rings is 1. The van der Waals surface area contributed by atoms with Crippen LogP contribution < -0.4 is 0 Å². The lowest BCUT2D eigenvalue weighted by molar-refractivity contribution is 0.510. The van der Waals surface area contributed by atoms with E-state index in [0.717, 1.165) is 23.4 Å². The topological polar surface area (TPSA) is 28.7 Å². The van der Waals surface area contributed by atoms with E-state index in [0.29, 0.717) is 16.9 Å². The summed E-state index contributed by atoms with van der Waals surface area (Å²) in [5.74, 6) is -1.08. The van der Waals surface area contributed by atoms with Crippen LogP contribution in [0.15, 0.2) is 24.3 Å². The molecule has 0 unspecified atom stereocenters. The standard InChI is InChI=1S/C13H10F2N2S/c1-2-7-3-4-12(18-7)13-16-10-5-8(14)9(15)6-11(10)17-13/h3-6H,2H2,1H3,(H,16,17). The number of rotatable bonds is 2. The molecule has 2 aromatic heterocycles. The highest BCUT2D eigenvalue weighted by Gasteiger charge is 2.11. The fraction of sp³-hybridized carbons (Fsp3) is 0.154. The van der Waals surface area contributed by atoms with Crippen LogP contribution in [0.1, 0.15) is 11.8 Å². The van der Waals surface area contributed by atoms with Gasteiger partial charge in [0.05, 0.1) is 15.9 Å². The normalized spacial score (nSPS) is 11.3. The first kappa shape index (κ1) is 11.3. The van der Waals surface area contributed by atoms with Crippen molar-refractivity contribution in [3.63, 3.8) is 0 Å². The Morgan fingerprint density at radius 1 is 1.22 bits per heavy atom. The molecule has 0 saturated carbocycles. The van der Waals surface area contributed by atoms with Crippen LogP contribution >= 0.6 is 11.3 Å². The summed E-state index contributed by atoms with van der Waals surface area (Å²) in [6.07, 6.45) is 0.966. The third-order valence-corrected chi connectivity index (χ3v) is 4.00. The second-order valence-electron chi connectivity index (χ2n) is 3.99. The van der Waals surface area contributed by atoms with Crippen LogP contribution in [-0.2, 0) is 6.42 Å². The largest absolute Gasteiger partial charge is 0.337 e. The number of hydrogen-bond donors (Lipinski definition) is 1. The van der Waals surface area contributed by atoms with Crippen molar-refractivity contribution < 1.29 is 8.78 Å². The number of halogens is 2. The summed E-state index contributed by atoms with van der Waals surface area (Å²) in [7, 11) is 0. The molecule has 0 saturated heterocycles. The maximum atomic E-state index is 13.1. The van der Waals surface area contributed by atoms with E-state index < -0.39 is 11.6 Å². The first-order valence-electron chi connectivity index (χ1n) is 5.61. The smallest absolute Gasteiger partial charge is 0.161 e. The van der Waals surface area contributed by atoms with Gasteiger partial charge < -0.3 is 4.98 Å². The van der Waals surface area contributed by atoms with Crippen LogP contribution in [0.25, 0.3) is 21.7 Å². The minimum Gasteiger partial charge on any atom is -0.337 e. The van der Waals surface area contributed by atoms with E-state index in [1.54, 1.807) is 11.3 Å². The SMILES string of the molecule is CCc1ccc(-c2nc3cc(F)c(F)cc3[nH]2)s1. The Morgan fingerprint density at radius 3 is 2.72 bits per heavy atom. The lowest BCUT2D eigenvalue weighted by Crippen LogP contribution is -1.82. The quantitative estimate of drug-likeness (QED) is 0.740. The zero-order valence-electron chi connectivity index (χ0n) is 9.63. The predicted molar refractivity (Wildman–Crippen MR) is 68.7 cm³/mol. The molecule has 0 radical (unpaired) electrons. The van der Waals surface area contributed by atoms with Crippen molar-refractivity contribution in [1.82, 2.24) is 9.97 Å². The van der Waals surface area contributed by atoms with Gasteiger partial charge in [-0.15, -0.1) is 11.3 Å². The number of aryl methyl sites for hydroxylation is 1. The first-order valence-corrected chi connectivity index (χ1v) is 6.43. The molecule has 5 heteroatoms. The van der Waals surface area contributed by atoms with Crippen LogP contribution in [0.5, 0.6) is 0 Å². The van der Waals surface area contributed by atoms with Gasteiger partial charge in [-0.25, -0.2) is 13.8 Å². The summed E-state index contributed by atoms with van der Waals surface area (Å²) in [5, 5.41) is 0. The average Bonchev–Trinajstić information content (AvgIpc) is 2.95. The first-order chi connectivity index (χ1) is 8.67. The monoisotopic (exact) mass is 264 g/mol. The van der Waals surface area contributed by atoms with Gasteiger partial charge in [0.15, 0.2) is 11.6 Å². The number of imidazole rings is 1. The average molecular weight is 264 g/mol. The second-order valence-corrected chi connectivity index (χ2v) is 5.16. The zero-order valence-corrected chi connectivity index (χ0v) is 10.4. The zero-order chi connectivity index (χ0) is 12.7. The Bertz CT molecular complexity index is 676. The lowest BCUT2D eigenvalue weighted by Gasteiger charge is -1.90. The number of fused-ring (bicyclic) bond motifs is 1. The highest BCUT2D eigenvalue weighted by Crippen LogP contribution is 2.28. The molecule has 0 aliphatic carbocycles. The summed E-state index contributed by atoms with van der Waals surface area (Å²) in [6, 6.07) is 6.25. The van der Waals surface area contributed by atoms with Crippen LogP contribution in [0.4, 0.5) is 8.78 Å². The van der Waals surface area contributed by atoms with E-state index in [9.17, 15) is 8.78 Å². The molecular weight excluding hydrogens is 254 g/mol. The molecule has 0 atom stereocenters. The van der Waals surface area contributed by atoms with Crippen molar-refractivity contribution in [1.29, 1.82) is 0 Å². The molecule has 2 heterocycles. The third-order valence-electron chi connectivity index (χ3n) is 2.77. The van der Waals surface area contributed by atoms with Gasteiger partial charge >= 0.3 is 0 Å². The van der Waals surface area contributed by atoms with Gasteiger partial charge in [-0.3, -0.25) is 0 Å². The summed E-state index contributed by atoms with van der Waals surface area (Å²) in [4.78, 5) is 9.52. The molecule has 2 nitrogen and oxygen atoms in total. The highest BCUT2D eigenvalue weighted by molar-refractivity contribution is 7.15. The number of aromatic amines is 1. The van der Waals surface area contributed by atoms with E-state index in [-0.39, 0.29) is 0 Å². The lowest BCUT2D eigenvalue weighted by atomic mass is 10.3. The maximum absolute atomic E-state index is 13.1. The van der Waals surface area contributed by atoms with E-state index in [4.69, 9.17) is 0 Å². The molecule has 0 fully saturated rings. The molecule has 0 bridgehead atoms. The third kappa shape index (κ3) is 1.80. The van der Waals surface area contributed by atoms with Gasteiger partial charge in [0.1, 0.15) is 5.82 Å². The molecule has 18 heavy (non-hydrogen) atoms. The van der Waals surface area contributed by atoms with Crippen molar-refractivity contribution >= 4 is 22.4 Å². The molecule has 1 N–H and O–H groups in total. The van der Waals surface area contributed by atoms with Crippen molar-refractivity contribution in [3.05, 3.63) is 40.8 Å². The summed E-state index contributed by atoms with van der Waals surface area (Å²) in [5.41, 5.74) is 0.950. The Labute approximate surface area is 106 Å². The van der Waals surface area contributed by atoms with Crippen LogP contribution in [0, 0.1) is 11.6 Å². The van der Waals surface area contributed by atoms with E-state index in [1.807, 2.05) is 12.1 Å². The number of aromatic nitrogens is 2. The summed E-state index contributed by atoms with van der Waals surface area (Å²) in [6.45, 7) is 2.08. The van der Waals surface area contributed by atoms with Gasteiger partial charge in [0.2, 0.25) is 0 Å². The second kappa shape index (κ2) is 4.17. The fourth-order valence-corrected chi connectivity index (χ4v) is 2.71. The van der Waals surface area contributed by atoms with Gasteiger partial charge in [0.25, 0.3) is 0 Å². The van der Waals surface area contributed by atoms with Crippen molar-refractivity contribution in [2.45, 2.75) is 13.3 Å². The number of hydrogen-bond acceptors (Lipinski definition) is 2. The van der Waals surface area contributed by atoms with Gasteiger partial charge in [0, 0.05) is 17.0 Å². The number of thiophene rings is 1. The van der Waals surface area contributed by atoms with Gasteiger partial charge in [-0.2, -0.15) is 0 Å². The molecule has 3 rings (SSSR count). The van der Waals surface area contributed by atoms with Crippen molar-refractivity contribution in [2.24, 2.45) is 0 Å². The number of nitrogens with zero attached hydrogens (tertiary/aromatic N) is 1. The van der Waals surface area contributed by atoms with Gasteiger partial charge in [-0.1, -0.05) is 6.92 Å². The molecule has 92 valence electrons. The summed E-state index contributed by atoms with van der Waals surface area (Å²) >= 11 is 1.63. The molecular formula is C13H10F2N2S. The fourth-order valence-electron chi connectivity index (χ4n) is 1.82. The Kier molecular flexibility index (Phi) is 2.63. The number of nitrogens with one attached hydrogen (secondary N) is 1. The number of H-pyrrole nitrogens is 1. The maximum Gasteiger partial charge on any atom is 0.161 e. The minimum absolute atomic E-state index is 0.440. The Morgan fingerprint density at radius 2 is 2.00 bits per heavy atom. The molecule has 0 aliphatic rings. The summed E-state index contributed by atoms with van der Waals surface area (Å²) < 4.78 is 26.2. The van der Waals surface area contributed by atoms with Crippen molar-refractivity contribution in [3.8, 4) is 10.7 Å². The Hall–Kier alpha value is -1.75. The van der Waals surface area contributed by atoms with E-state index >= 15 is 0 Å². The predicted octanol–water partition coefficient (Wildman–Crippen LogP) is 4.13. The molecule has 0 aliphatic heterocycles. The van der Waals surface area contributed by atoms with Crippen LogP contribution in [0.2, 0.25) is 0 Å². The molecule has 0 spiro atoms. The van der Waals surface area contributed by atoms with Crippen LogP contribution in [0.3, 0.4) is 0 Å². The van der Waals surface area contributed by atoms with Crippen LogP contribution in [-0.4, -0.2) is 9.97 Å². The van der Waals surface area contributed by atoms with E-state index in [2.05, 4.69) is 16.9 Å². The Balaban J connectivity index is 2.13. The van der Waals surface area contributed by atoms with E-state index in [1.165, 1.54) is 4.88 Å².